The molecule has 0 spiro atoms. The minimum Gasteiger partial charge on any atom is -0.748 e. The van der Waals surface area contributed by atoms with Crippen LogP contribution < -0.4 is 51.4 Å². The molecule has 0 aliphatic rings. The van der Waals surface area contributed by atoms with Gasteiger partial charge in [-0.1, -0.05) is 104 Å². The summed E-state index contributed by atoms with van der Waals surface area (Å²) in [5.41, 5.74) is 0. The van der Waals surface area contributed by atoms with E-state index in [4.69, 9.17) is 0 Å². The monoisotopic (exact) mass is 458 g/mol. The molecule has 0 aromatic heterocycles. The number of hydrogen-bond acceptors (Lipinski definition) is 4. The molecule has 0 radical (unpaired) electrons. The molecule has 0 aromatic rings. The van der Waals surface area contributed by atoms with E-state index in [9.17, 15) is 18.1 Å². The molecule has 0 saturated heterocycles. The van der Waals surface area contributed by atoms with E-state index >= 15 is 0 Å². The number of rotatable bonds is 21. The smallest absolute Gasteiger partial charge is 0.748 e. The molecule has 0 bridgehead atoms. The summed E-state index contributed by atoms with van der Waals surface area (Å²) in [6.45, 7) is 4.40. The van der Waals surface area contributed by atoms with Gasteiger partial charge in [-0.05, 0) is 32.1 Å². The van der Waals surface area contributed by atoms with Crippen molar-refractivity contribution in [2.24, 2.45) is 0 Å². The summed E-state index contributed by atoms with van der Waals surface area (Å²) in [6, 6.07) is 0. The van der Waals surface area contributed by atoms with Crippen LogP contribution in [0.15, 0.2) is 0 Å². The molecule has 0 aromatic carbocycles. The molecule has 2 atom stereocenters. The first-order chi connectivity index (χ1) is 13.4. The molecule has 2 unspecified atom stereocenters. The van der Waals surface area contributed by atoms with Crippen LogP contribution in [0, 0.1) is 0 Å². The maximum Gasteiger partial charge on any atom is 1.00 e. The van der Waals surface area contributed by atoms with Gasteiger partial charge in [0.2, 0.25) is 0 Å². The van der Waals surface area contributed by atoms with E-state index in [0.717, 1.165) is 38.5 Å². The summed E-state index contributed by atoms with van der Waals surface area (Å²) in [5.74, 6) is 0. The van der Waals surface area contributed by atoms with Gasteiger partial charge in [-0.25, -0.2) is 8.42 Å². The predicted octanol–water partition coefficient (Wildman–Crippen LogP) is 3.72. The first-order valence-electron chi connectivity index (χ1n) is 12.0. The zero-order valence-corrected chi connectivity index (χ0v) is 23.6. The number of hydrogen-bond donors (Lipinski definition) is 1. The first-order valence-corrected chi connectivity index (χ1v) is 13.5. The third-order valence-electron chi connectivity index (χ3n) is 5.74. The SMILES string of the molecule is CCCCCCCCCCCC(CCCC(O)CCCCCCC)S(=O)(=O)[O-].[K+]. The molecule has 0 amide bonds. The Morgan fingerprint density at radius 1 is 0.621 bits per heavy atom. The van der Waals surface area contributed by atoms with Gasteiger partial charge in [-0.2, -0.15) is 0 Å². The fourth-order valence-electron chi connectivity index (χ4n) is 3.82. The van der Waals surface area contributed by atoms with Gasteiger partial charge in [-0.15, -0.1) is 0 Å². The maximum atomic E-state index is 11.5. The topological polar surface area (TPSA) is 77.4 Å². The molecule has 29 heavy (non-hydrogen) atoms. The molecule has 0 aliphatic heterocycles. The summed E-state index contributed by atoms with van der Waals surface area (Å²) < 4.78 is 34.6. The fraction of sp³-hybridized carbons (Fsp3) is 1.00. The Kier molecular flexibility index (Phi) is 25.6. The summed E-state index contributed by atoms with van der Waals surface area (Å²) >= 11 is 0. The summed E-state index contributed by atoms with van der Waals surface area (Å²) in [4.78, 5) is 0. The van der Waals surface area contributed by atoms with Gasteiger partial charge in [0.25, 0.3) is 0 Å². The van der Waals surface area contributed by atoms with E-state index in [1.807, 2.05) is 0 Å². The van der Waals surface area contributed by atoms with Crippen molar-refractivity contribution in [2.75, 3.05) is 0 Å². The molecular formula is C23H47KO4S. The average Bonchev–Trinajstić information content (AvgIpc) is 2.64. The van der Waals surface area contributed by atoms with Crippen LogP contribution in [0.5, 0.6) is 0 Å². The quantitative estimate of drug-likeness (QED) is 0.162. The van der Waals surface area contributed by atoms with Gasteiger partial charge < -0.3 is 9.66 Å². The van der Waals surface area contributed by atoms with Crippen LogP contribution in [-0.2, 0) is 10.1 Å². The molecular weight excluding hydrogens is 411 g/mol. The Labute approximate surface area is 224 Å². The van der Waals surface area contributed by atoms with Crippen LogP contribution in [0.2, 0.25) is 0 Å². The fourth-order valence-corrected chi connectivity index (χ4v) is 4.74. The van der Waals surface area contributed by atoms with Crippen LogP contribution in [0.3, 0.4) is 0 Å². The molecule has 1 N–H and O–H groups in total. The summed E-state index contributed by atoms with van der Waals surface area (Å²) in [7, 11) is -4.23. The summed E-state index contributed by atoms with van der Waals surface area (Å²) in [5, 5.41) is 9.27. The second kappa shape index (κ2) is 22.7. The second-order valence-corrected chi connectivity index (χ2v) is 10.2. The third-order valence-corrected chi connectivity index (χ3v) is 7.03. The van der Waals surface area contributed by atoms with Gasteiger partial charge in [0, 0.05) is 5.25 Å². The van der Waals surface area contributed by atoms with E-state index in [2.05, 4.69) is 13.8 Å². The van der Waals surface area contributed by atoms with Crippen molar-refractivity contribution in [3.05, 3.63) is 0 Å². The van der Waals surface area contributed by atoms with E-state index in [1.54, 1.807) is 0 Å². The normalized spacial score (nSPS) is 13.8. The van der Waals surface area contributed by atoms with E-state index in [-0.39, 0.29) is 57.5 Å². The van der Waals surface area contributed by atoms with E-state index in [0.29, 0.717) is 25.7 Å². The minimum absolute atomic E-state index is 0. The van der Waals surface area contributed by atoms with Crippen molar-refractivity contribution < 1.29 is 69.5 Å². The van der Waals surface area contributed by atoms with Crippen molar-refractivity contribution in [1.29, 1.82) is 0 Å². The Bertz CT molecular complexity index is 429. The molecule has 6 heteroatoms. The van der Waals surface area contributed by atoms with Gasteiger partial charge in [0.05, 0.1) is 16.2 Å². The van der Waals surface area contributed by atoms with Gasteiger partial charge >= 0.3 is 51.4 Å². The third kappa shape index (κ3) is 22.5. The Morgan fingerprint density at radius 3 is 1.41 bits per heavy atom. The largest absolute Gasteiger partial charge is 1.00 e. The molecule has 170 valence electrons. The first kappa shape index (κ1) is 32.7. The molecule has 4 nitrogen and oxygen atoms in total. The molecule has 0 rings (SSSR count). The Balaban J connectivity index is 0. The maximum absolute atomic E-state index is 11.5. The van der Waals surface area contributed by atoms with Crippen LogP contribution in [-0.4, -0.2) is 29.4 Å². The van der Waals surface area contributed by atoms with Crippen molar-refractivity contribution in [1.82, 2.24) is 0 Å². The van der Waals surface area contributed by atoms with Crippen molar-refractivity contribution in [2.45, 2.75) is 147 Å². The van der Waals surface area contributed by atoms with Gasteiger partial charge in [-0.3, -0.25) is 0 Å². The van der Waals surface area contributed by atoms with Crippen LogP contribution in [0.25, 0.3) is 0 Å². The van der Waals surface area contributed by atoms with Crippen LogP contribution in [0.4, 0.5) is 0 Å². The van der Waals surface area contributed by atoms with Gasteiger partial charge in [0.1, 0.15) is 0 Å². The molecule has 0 aliphatic carbocycles. The van der Waals surface area contributed by atoms with Crippen LogP contribution >= 0.6 is 0 Å². The molecule has 0 saturated carbocycles. The Morgan fingerprint density at radius 2 is 0.966 bits per heavy atom. The van der Waals surface area contributed by atoms with Crippen molar-refractivity contribution >= 4 is 10.1 Å². The van der Waals surface area contributed by atoms with Crippen molar-refractivity contribution in [3.8, 4) is 0 Å². The zero-order valence-electron chi connectivity index (χ0n) is 19.7. The molecule has 0 heterocycles. The molecule has 0 fully saturated rings. The predicted molar refractivity (Wildman–Crippen MR) is 119 cm³/mol. The van der Waals surface area contributed by atoms with Gasteiger partial charge in [0.15, 0.2) is 0 Å². The minimum atomic E-state index is -4.23. The summed E-state index contributed by atoms with van der Waals surface area (Å²) in [6.07, 6.45) is 19.1. The number of aliphatic hydroxyl groups is 1. The van der Waals surface area contributed by atoms with Crippen molar-refractivity contribution in [3.63, 3.8) is 0 Å². The average molecular weight is 459 g/mol. The Hall–Kier alpha value is 1.51. The number of aliphatic hydroxyl groups excluding tert-OH is 1. The second-order valence-electron chi connectivity index (χ2n) is 8.52. The van der Waals surface area contributed by atoms with Crippen LogP contribution in [0.1, 0.15) is 136 Å². The van der Waals surface area contributed by atoms with E-state index < -0.39 is 15.4 Å². The van der Waals surface area contributed by atoms with E-state index in [1.165, 1.54) is 57.8 Å². The number of unbranched alkanes of at least 4 members (excludes halogenated alkanes) is 12. The zero-order chi connectivity index (χ0) is 21.1. The standard InChI is InChI=1S/C23H48O4S.K/c1-3-5-7-9-10-11-12-14-16-20-23(28(25,26)27)21-17-19-22(24)18-15-13-8-6-4-2;/h22-24H,3-21H2,1-2H3,(H,25,26,27);/q;+1/p-1.